The molecule has 2 aromatic carbocycles. The quantitative estimate of drug-likeness (QED) is 0.764. The molecule has 1 atom stereocenters. The lowest BCUT2D eigenvalue weighted by molar-refractivity contribution is 0.0736. The van der Waals surface area contributed by atoms with Crippen molar-refractivity contribution < 1.29 is 4.79 Å². The largest absolute Gasteiger partial charge is 0.382 e. The van der Waals surface area contributed by atoms with Crippen LogP contribution in [0.15, 0.2) is 48.5 Å². The first-order chi connectivity index (χ1) is 11.2. The molecule has 1 aliphatic heterocycles. The van der Waals surface area contributed by atoms with Gasteiger partial charge in [-0.1, -0.05) is 30.3 Å². The van der Waals surface area contributed by atoms with Crippen molar-refractivity contribution in [3.05, 3.63) is 59.7 Å². The zero-order valence-corrected chi connectivity index (χ0v) is 12.7. The van der Waals surface area contributed by atoms with Crippen LogP contribution in [-0.2, 0) is 0 Å². The zero-order chi connectivity index (χ0) is 15.8. The molecule has 1 fully saturated rings. The van der Waals surface area contributed by atoms with Crippen molar-refractivity contribution in [3.8, 4) is 0 Å². The summed E-state index contributed by atoms with van der Waals surface area (Å²) in [7, 11) is 0. The second-order valence-electron chi connectivity index (χ2n) is 5.94. The highest BCUT2D eigenvalue weighted by Crippen LogP contribution is 2.33. The van der Waals surface area contributed by atoms with Gasteiger partial charge in [0.25, 0.3) is 5.91 Å². The highest BCUT2D eigenvalue weighted by atomic mass is 16.2. The minimum atomic E-state index is 0.0545. The van der Waals surface area contributed by atoms with Gasteiger partial charge in [-0.2, -0.15) is 5.10 Å². The Labute approximate surface area is 134 Å². The van der Waals surface area contributed by atoms with Gasteiger partial charge in [0, 0.05) is 17.5 Å². The smallest absolute Gasteiger partial charge is 0.254 e. The first-order valence-electron chi connectivity index (χ1n) is 7.83. The van der Waals surface area contributed by atoms with E-state index in [-0.39, 0.29) is 11.9 Å². The minimum Gasteiger partial charge on any atom is -0.382 e. The SMILES string of the molecule is Nc1n[nH]c2ccc(C(=O)N3CCC[C@@H]3c3ccccc3)cc12. The summed E-state index contributed by atoms with van der Waals surface area (Å²) in [6.45, 7) is 0.789. The first kappa shape index (κ1) is 13.8. The van der Waals surface area contributed by atoms with Crippen molar-refractivity contribution in [2.45, 2.75) is 18.9 Å². The van der Waals surface area contributed by atoms with Crippen LogP contribution in [0.5, 0.6) is 0 Å². The minimum absolute atomic E-state index is 0.0545. The standard InChI is InChI=1S/C18H18N4O/c19-17-14-11-13(8-9-15(14)20-21-17)18(23)22-10-4-7-16(22)12-5-2-1-3-6-12/h1-3,5-6,8-9,11,16H,4,7,10H2,(H3,19,20,21)/t16-/m1/s1. The van der Waals surface area contributed by atoms with Gasteiger partial charge in [-0.05, 0) is 36.6 Å². The molecular formula is C18H18N4O. The number of H-pyrrole nitrogens is 1. The number of rotatable bonds is 2. The Morgan fingerprint density at radius 3 is 2.87 bits per heavy atom. The monoisotopic (exact) mass is 306 g/mol. The molecule has 0 spiro atoms. The maximum atomic E-state index is 13.0. The Morgan fingerprint density at radius 2 is 2.04 bits per heavy atom. The normalized spacial score (nSPS) is 17.7. The van der Waals surface area contributed by atoms with E-state index in [1.165, 1.54) is 5.56 Å². The van der Waals surface area contributed by atoms with Gasteiger partial charge in [-0.15, -0.1) is 0 Å². The number of anilines is 1. The number of nitrogens with two attached hydrogens (primary N) is 1. The number of nitrogens with one attached hydrogen (secondary N) is 1. The van der Waals surface area contributed by atoms with Crippen LogP contribution in [0.1, 0.15) is 34.8 Å². The first-order valence-corrected chi connectivity index (χ1v) is 7.83. The second-order valence-corrected chi connectivity index (χ2v) is 5.94. The molecule has 0 bridgehead atoms. The van der Waals surface area contributed by atoms with Gasteiger partial charge in [0.05, 0.1) is 11.6 Å². The van der Waals surface area contributed by atoms with E-state index in [9.17, 15) is 4.79 Å². The summed E-state index contributed by atoms with van der Waals surface area (Å²) in [6, 6.07) is 15.9. The summed E-state index contributed by atoms with van der Waals surface area (Å²) in [5, 5.41) is 7.64. The Balaban J connectivity index is 1.68. The number of nitrogens with zero attached hydrogens (tertiary/aromatic N) is 2. The molecule has 3 N–H and O–H groups in total. The molecule has 0 aliphatic carbocycles. The third-order valence-corrected chi connectivity index (χ3v) is 4.54. The Kier molecular flexibility index (Phi) is 3.26. The number of nitrogen functional groups attached to an aromatic ring is 1. The van der Waals surface area contributed by atoms with Crippen LogP contribution < -0.4 is 5.73 Å². The molecular weight excluding hydrogens is 288 g/mol. The van der Waals surface area contributed by atoms with Crippen molar-refractivity contribution in [1.82, 2.24) is 15.1 Å². The number of carbonyl (C=O) groups is 1. The van der Waals surface area contributed by atoms with Crippen molar-refractivity contribution in [2.75, 3.05) is 12.3 Å². The lowest BCUT2D eigenvalue weighted by Crippen LogP contribution is -2.30. The average molecular weight is 306 g/mol. The second kappa shape index (κ2) is 5.43. The number of likely N-dealkylation sites (tertiary alicyclic amines) is 1. The fourth-order valence-corrected chi connectivity index (χ4v) is 3.36. The van der Waals surface area contributed by atoms with E-state index < -0.39 is 0 Å². The van der Waals surface area contributed by atoms with Gasteiger partial charge in [0.2, 0.25) is 0 Å². The number of hydrogen-bond donors (Lipinski definition) is 2. The van der Waals surface area contributed by atoms with Gasteiger partial charge >= 0.3 is 0 Å². The van der Waals surface area contributed by atoms with Crippen LogP contribution >= 0.6 is 0 Å². The van der Waals surface area contributed by atoms with Gasteiger partial charge in [-0.3, -0.25) is 9.89 Å². The van der Waals surface area contributed by atoms with Crippen LogP contribution in [-0.4, -0.2) is 27.5 Å². The number of aromatic amines is 1. The van der Waals surface area contributed by atoms with Crippen molar-refractivity contribution in [3.63, 3.8) is 0 Å². The van der Waals surface area contributed by atoms with E-state index >= 15 is 0 Å². The number of benzene rings is 2. The molecule has 1 amide bonds. The third kappa shape index (κ3) is 2.34. The van der Waals surface area contributed by atoms with Gasteiger partial charge < -0.3 is 10.6 Å². The van der Waals surface area contributed by atoms with Crippen LogP contribution in [0, 0.1) is 0 Å². The fourth-order valence-electron chi connectivity index (χ4n) is 3.36. The topological polar surface area (TPSA) is 75.0 Å². The number of carbonyl (C=O) groups excluding carboxylic acids is 1. The third-order valence-electron chi connectivity index (χ3n) is 4.54. The molecule has 2 heterocycles. The Hall–Kier alpha value is -2.82. The molecule has 1 aliphatic rings. The van der Waals surface area contributed by atoms with Crippen molar-refractivity contribution in [1.29, 1.82) is 0 Å². The van der Waals surface area contributed by atoms with E-state index in [2.05, 4.69) is 22.3 Å². The highest BCUT2D eigenvalue weighted by Gasteiger charge is 2.30. The van der Waals surface area contributed by atoms with E-state index in [1.54, 1.807) is 0 Å². The predicted molar refractivity (Wildman–Crippen MR) is 90.0 cm³/mol. The summed E-state index contributed by atoms with van der Waals surface area (Å²) < 4.78 is 0. The molecule has 0 saturated carbocycles. The molecule has 5 heteroatoms. The molecule has 0 unspecified atom stereocenters. The number of hydrogen-bond acceptors (Lipinski definition) is 3. The zero-order valence-electron chi connectivity index (χ0n) is 12.7. The van der Waals surface area contributed by atoms with E-state index in [1.807, 2.05) is 41.3 Å². The highest BCUT2D eigenvalue weighted by molar-refractivity contribution is 6.00. The molecule has 5 nitrogen and oxygen atoms in total. The fraction of sp³-hybridized carbons (Fsp3) is 0.222. The molecule has 0 radical (unpaired) electrons. The maximum absolute atomic E-state index is 13.0. The lowest BCUT2D eigenvalue weighted by atomic mass is 10.0. The number of aromatic nitrogens is 2. The van der Waals surface area contributed by atoms with E-state index in [0.717, 1.165) is 30.3 Å². The Morgan fingerprint density at radius 1 is 1.22 bits per heavy atom. The molecule has 4 rings (SSSR count). The number of fused-ring (bicyclic) bond motifs is 1. The average Bonchev–Trinajstić information content (AvgIpc) is 3.22. The van der Waals surface area contributed by atoms with Gasteiger partial charge in [-0.25, -0.2) is 0 Å². The van der Waals surface area contributed by atoms with Gasteiger partial charge in [0.15, 0.2) is 5.82 Å². The molecule has 1 aromatic heterocycles. The number of amides is 1. The lowest BCUT2D eigenvalue weighted by Gasteiger charge is -2.25. The summed E-state index contributed by atoms with van der Waals surface area (Å²) in [5.74, 6) is 0.481. The summed E-state index contributed by atoms with van der Waals surface area (Å²) in [4.78, 5) is 14.9. The van der Waals surface area contributed by atoms with Crippen LogP contribution in [0.4, 0.5) is 5.82 Å². The molecule has 116 valence electrons. The van der Waals surface area contributed by atoms with Crippen LogP contribution in [0.3, 0.4) is 0 Å². The maximum Gasteiger partial charge on any atom is 0.254 e. The van der Waals surface area contributed by atoms with Crippen LogP contribution in [0.25, 0.3) is 10.9 Å². The summed E-state index contributed by atoms with van der Waals surface area (Å²) in [6.07, 6.45) is 2.03. The molecule has 23 heavy (non-hydrogen) atoms. The van der Waals surface area contributed by atoms with Crippen molar-refractivity contribution >= 4 is 22.6 Å². The summed E-state index contributed by atoms with van der Waals surface area (Å²) in [5.41, 5.74) is 8.55. The Bertz CT molecular complexity index is 856. The molecule has 1 saturated heterocycles. The van der Waals surface area contributed by atoms with E-state index in [4.69, 9.17) is 5.73 Å². The van der Waals surface area contributed by atoms with Crippen molar-refractivity contribution in [2.24, 2.45) is 0 Å². The predicted octanol–water partition coefficient (Wildman–Crippen LogP) is 3.12. The summed E-state index contributed by atoms with van der Waals surface area (Å²) >= 11 is 0. The molecule has 3 aromatic rings. The van der Waals surface area contributed by atoms with E-state index in [0.29, 0.717) is 11.4 Å². The van der Waals surface area contributed by atoms with Crippen LogP contribution in [0.2, 0.25) is 0 Å². The van der Waals surface area contributed by atoms with Gasteiger partial charge in [0.1, 0.15) is 0 Å².